The molecule has 1 aromatic rings. The van der Waals surface area contributed by atoms with Crippen molar-refractivity contribution in [3.8, 4) is 0 Å². The van der Waals surface area contributed by atoms with Gasteiger partial charge in [0.15, 0.2) is 0 Å². The molecule has 1 fully saturated rings. The first-order valence-electron chi connectivity index (χ1n) is 4.52. The standard InChI is InChI=1S/C10H11BrO2S/c1-10(3-2-8(5-12)13-10)9-4-7(11)6-14-9/h4-6,8H,2-3H2,1H3. The number of ether oxygens (including phenoxy) is 1. The normalized spacial score (nSPS) is 32.0. The second kappa shape index (κ2) is 3.76. The van der Waals surface area contributed by atoms with Crippen LogP contribution in [0.3, 0.4) is 0 Å². The monoisotopic (exact) mass is 274 g/mol. The molecule has 0 radical (unpaired) electrons. The van der Waals surface area contributed by atoms with Crippen LogP contribution >= 0.6 is 27.3 Å². The molecule has 1 saturated heterocycles. The molecule has 1 aliphatic rings. The van der Waals surface area contributed by atoms with Gasteiger partial charge in [0.2, 0.25) is 0 Å². The first-order chi connectivity index (χ1) is 6.64. The lowest BCUT2D eigenvalue weighted by atomic mass is 10.0. The van der Waals surface area contributed by atoms with Crippen LogP contribution in [0.25, 0.3) is 0 Å². The summed E-state index contributed by atoms with van der Waals surface area (Å²) in [5.41, 5.74) is -0.262. The Balaban J connectivity index is 2.22. The average Bonchev–Trinajstić information content (AvgIpc) is 2.73. The van der Waals surface area contributed by atoms with Crippen LogP contribution in [0.5, 0.6) is 0 Å². The molecule has 2 nitrogen and oxygen atoms in total. The summed E-state index contributed by atoms with van der Waals surface area (Å²) in [7, 11) is 0. The number of rotatable bonds is 2. The van der Waals surface area contributed by atoms with Gasteiger partial charge >= 0.3 is 0 Å². The van der Waals surface area contributed by atoms with E-state index in [0.29, 0.717) is 0 Å². The van der Waals surface area contributed by atoms with Crippen molar-refractivity contribution in [1.82, 2.24) is 0 Å². The van der Waals surface area contributed by atoms with E-state index in [4.69, 9.17) is 4.74 Å². The maximum atomic E-state index is 10.6. The number of carbonyl (C=O) groups excluding carboxylic acids is 1. The van der Waals surface area contributed by atoms with Crippen molar-refractivity contribution in [2.75, 3.05) is 0 Å². The quantitative estimate of drug-likeness (QED) is 0.775. The van der Waals surface area contributed by atoms with E-state index in [1.54, 1.807) is 11.3 Å². The summed E-state index contributed by atoms with van der Waals surface area (Å²) in [4.78, 5) is 11.8. The van der Waals surface area contributed by atoms with E-state index in [-0.39, 0.29) is 11.7 Å². The molecule has 76 valence electrons. The van der Waals surface area contributed by atoms with E-state index >= 15 is 0 Å². The Hall–Kier alpha value is -0.190. The molecule has 4 heteroatoms. The summed E-state index contributed by atoms with van der Waals surface area (Å²) in [5, 5.41) is 2.04. The van der Waals surface area contributed by atoms with Gasteiger partial charge in [0.1, 0.15) is 18.0 Å². The Morgan fingerprint density at radius 1 is 1.79 bits per heavy atom. The van der Waals surface area contributed by atoms with Gasteiger partial charge in [-0.3, -0.25) is 0 Å². The minimum absolute atomic E-state index is 0.221. The number of halogens is 1. The fourth-order valence-corrected chi connectivity index (χ4v) is 3.30. The van der Waals surface area contributed by atoms with Gasteiger partial charge in [-0.25, -0.2) is 0 Å². The van der Waals surface area contributed by atoms with Crippen LogP contribution in [0.4, 0.5) is 0 Å². The van der Waals surface area contributed by atoms with Gasteiger partial charge in [0, 0.05) is 14.7 Å². The average molecular weight is 275 g/mol. The molecule has 0 aromatic carbocycles. The molecule has 14 heavy (non-hydrogen) atoms. The van der Waals surface area contributed by atoms with Gasteiger partial charge in [0.05, 0.1) is 0 Å². The SMILES string of the molecule is CC1(c2cc(Br)cs2)CCC(C=O)O1. The second-order valence-electron chi connectivity index (χ2n) is 3.69. The van der Waals surface area contributed by atoms with Crippen LogP contribution in [0, 0.1) is 0 Å². The van der Waals surface area contributed by atoms with E-state index in [0.717, 1.165) is 23.6 Å². The maximum absolute atomic E-state index is 10.6. The molecule has 0 aliphatic carbocycles. The third-order valence-corrected chi connectivity index (χ3v) is 4.49. The van der Waals surface area contributed by atoms with Crippen LogP contribution in [-0.2, 0) is 15.1 Å². The maximum Gasteiger partial charge on any atom is 0.148 e. The molecule has 0 saturated carbocycles. The largest absolute Gasteiger partial charge is 0.359 e. The van der Waals surface area contributed by atoms with Crippen molar-refractivity contribution in [2.24, 2.45) is 0 Å². The molecule has 2 rings (SSSR count). The Bertz CT molecular complexity index is 350. The highest BCUT2D eigenvalue weighted by atomic mass is 79.9. The molecule has 0 bridgehead atoms. The van der Waals surface area contributed by atoms with E-state index in [1.165, 1.54) is 4.88 Å². The van der Waals surface area contributed by atoms with Crippen molar-refractivity contribution in [2.45, 2.75) is 31.5 Å². The minimum atomic E-state index is -0.262. The Labute approximate surface area is 95.4 Å². The highest BCUT2D eigenvalue weighted by molar-refractivity contribution is 9.10. The molecule has 1 aliphatic heterocycles. The first kappa shape index (κ1) is 10.3. The smallest absolute Gasteiger partial charge is 0.148 e. The number of hydrogen-bond acceptors (Lipinski definition) is 3. The Morgan fingerprint density at radius 3 is 3.07 bits per heavy atom. The molecule has 0 amide bonds. The van der Waals surface area contributed by atoms with Gasteiger partial charge in [-0.2, -0.15) is 0 Å². The highest BCUT2D eigenvalue weighted by Gasteiger charge is 2.38. The zero-order valence-corrected chi connectivity index (χ0v) is 10.2. The molecule has 2 heterocycles. The van der Waals surface area contributed by atoms with Gasteiger partial charge in [-0.15, -0.1) is 11.3 Å². The fourth-order valence-electron chi connectivity index (χ4n) is 1.74. The second-order valence-corrected chi connectivity index (χ2v) is 5.52. The summed E-state index contributed by atoms with van der Waals surface area (Å²) in [6, 6.07) is 2.07. The van der Waals surface area contributed by atoms with Crippen LogP contribution in [0.1, 0.15) is 24.6 Å². The predicted molar refractivity (Wildman–Crippen MR) is 59.5 cm³/mol. The van der Waals surface area contributed by atoms with Crippen molar-refractivity contribution >= 4 is 33.6 Å². The van der Waals surface area contributed by atoms with E-state index in [1.807, 2.05) is 5.38 Å². The third kappa shape index (κ3) is 1.78. The molecular formula is C10H11BrO2S. The molecule has 1 aromatic heterocycles. The van der Waals surface area contributed by atoms with Crippen LogP contribution in [-0.4, -0.2) is 12.4 Å². The number of aldehydes is 1. The fraction of sp³-hybridized carbons (Fsp3) is 0.500. The van der Waals surface area contributed by atoms with E-state index in [9.17, 15) is 4.79 Å². The minimum Gasteiger partial charge on any atom is -0.359 e. The Kier molecular flexibility index (Phi) is 2.77. The van der Waals surface area contributed by atoms with Gasteiger partial charge in [-0.1, -0.05) is 0 Å². The van der Waals surface area contributed by atoms with Gasteiger partial charge in [0.25, 0.3) is 0 Å². The zero-order valence-electron chi connectivity index (χ0n) is 7.83. The number of hydrogen-bond donors (Lipinski definition) is 0. The summed E-state index contributed by atoms with van der Waals surface area (Å²) in [6.07, 6.45) is 2.42. The first-order valence-corrected chi connectivity index (χ1v) is 6.19. The van der Waals surface area contributed by atoms with Gasteiger partial charge in [-0.05, 0) is 41.8 Å². The van der Waals surface area contributed by atoms with Crippen molar-refractivity contribution in [3.63, 3.8) is 0 Å². The van der Waals surface area contributed by atoms with E-state index < -0.39 is 0 Å². The molecule has 2 atom stereocenters. The van der Waals surface area contributed by atoms with Crippen molar-refractivity contribution in [1.29, 1.82) is 0 Å². The van der Waals surface area contributed by atoms with Crippen LogP contribution < -0.4 is 0 Å². The van der Waals surface area contributed by atoms with Crippen LogP contribution in [0.2, 0.25) is 0 Å². The molecular weight excluding hydrogens is 264 g/mol. The van der Waals surface area contributed by atoms with Crippen LogP contribution in [0.15, 0.2) is 15.9 Å². The predicted octanol–water partition coefficient (Wildman–Crippen LogP) is 3.10. The number of thiophene rings is 1. The summed E-state index contributed by atoms with van der Waals surface area (Å²) in [5.74, 6) is 0. The highest BCUT2D eigenvalue weighted by Crippen LogP contribution is 2.41. The lowest BCUT2D eigenvalue weighted by Gasteiger charge is -2.22. The number of carbonyl (C=O) groups is 1. The lowest BCUT2D eigenvalue weighted by Crippen LogP contribution is -2.21. The summed E-state index contributed by atoms with van der Waals surface area (Å²) >= 11 is 5.09. The molecule has 0 N–H and O–H groups in total. The van der Waals surface area contributed by atoms with Gasteiger partial charge < -0.3 is 9.53 Å². The lowest BCUT2D eigenvalue weighted by molar-refractivity contribution is -0.121. The Morgan fingerprint density at radius 2 is 2.57 bits per heavy atom. The van der Waals surface area contributed by atoms with Crippen molar-refractivity contribution in [3.05, 3.63) is 20.8 Å². The topological polar surface area (TPSA) is 26.3 Å². The zero-order chi connectivity index (χ0) is 10.2. The summed E-state index contributed by atoms with van der Waals surface area (Å²) in [6.45, 7) is 2.05. The third-order valence-electron chi connectivity index (χ3n) is 2.56. The van der Waals surface area contributed by atoms with Crippen molar-refractivity contribution < 1.29 is 9.53 Å². The van der Waals surface area contributed by atoms with E-state index in [2.05, 4.69) is 28.9 Å². The molecule has 2 unspecified atom stereocenters. The molecule has 0 spiro atoms. The summed E-state index contributed by atoms with van der Waals surface area (Å²) < 4.78 is 6.80.